The summed E-state index contributed by atoms with van der Waals surface area (Å²) in [6, 6.07) is 54.2. The van der Waals surface area contributed by atoms with E-state index in [2.05, 4.69) is 186 Å². The van der Waals surface area contributed by atoms with Gasteiger partial charge < -0.3 is 18.9 Å². The van der Waals surface area contributed by atoms with Crippen LogP contribution in [0.1, 0.15) is 338 Å². The van der Waals surface area contributed by atoms with Gasteiger partial charge in [-0.25, -0.2) is 17.6 Å². The zero-order valence-corrected chi connectivity index (χ0v) is 70.0. The lowest BCUT2D eigenvalue weighted by Gasteiger charge is -2.28. The fourth-order valence-corrected chi connectivity index (χ4v) is 16.7. The molecule has 0 saturated heterocycles. The maximum Gasteiger partial charge on any atom is 0.166 e. The zero-order valence-electron chi connectivity index (χ0n) is 70.0. The standard InChI is InChI=1S/C28H35FO.C27H33FO.C26H31FO.C25H29FO/c1-3-5-6-20-30-28-19-14-24(21-27(28)29)9-8-23-12-17-26(18-13-23)25-15-10-22(7-4-2)11-16-25;1-3-5-19-29-27-18-13-23(20-26(27)28)8-7-22-11-16-25(17-12-22)24-14-9-21(6-4-2)10-15-24;1-3-5-20-8-13-23(14-9-20)24-15-10-21(11-16-24)6-7-22-12-17-26(25(27)19-22)28-18-4-2;1-3-5-19-8-13-22(14-9-19)23-15-10-20(11-16-23)6-7-21-12-17-25(27-4-2)24(26)18-21/h12-14,17-19,21-22,25H,3-7,10-11,15-16,20H2,1-2H3;11-13,16-18,20-21,24H,3-6,9-10,14-15,19H2,1-2H3;10-12,15-17,19-20,23H,3-5,8-9,13-14,18H2,1-2H3;10-12,15-19,22H,3-5,8-9,13-14H2,1-2H3. The summed E-state index contributed by atoms with van der Waals surface area (Å²) in [5.74, 6) is 31.2. The van der Waals surface area contributed by atoms with Gasteiger partial charge in [-0.1, -0.05) is 215 Å². The van der Waals surface area contributed by atoms with Crippen LogP contribution in [-0.2, 0) is 0 Å². The van der Waals surface area contributed by atoms with Crippen molar-refractivity contribution in [3.05, 3.63) is 260 Å². The SMILES string of the molecule is CCCC1CCC(c2ccc(C#Cc3ccc(OCC)c(F)c3)cc2)CC1.CCCCCOc1ccc(C#Cc2ccc(C3CCC(CCC)CC3)cc2)cc1F.CCCCOc1ccc(C#Cc2ccc(C3CCC(CCC)CC3)cc2)cc1F.CCCOc1ccc(C#Cc2ccc(C3CCC(CCC)CC3)cc2)cc1F. The van der Waals surface area contributed by atoms with Gasteiger partial charge in [0.25, 0.3) is 0 Å². The van der Waals surface area contributed by atoms with Crippen LogP contribution < -0.4 is 18.9 Å². The summed E-state index contributed by atoms with van der Waals surface area (Å²) in [5, 5.41) is 0. The lowest BCUT2D eigenvalue weighted by Crippen LogP contribution is -2.13. The first-order chi connectivity index (χ1) is 55.8. The van der Waals surface area contributed by atoms with Crippen molar-refractivity contribution in [2.24, 2.45) is 23.7 Å². The summed E-state index contributed by atoms with van der Waals surface area (Å²) in [6.07, 6.45) is 38.1. The Kier molecular flexibility index (Phi) is 38.7. The number of hydrogen-bond acceptors (Lipinski definition) is 4. The molecule has 4 saturated carbocycles. The highest BCUT2D eigenvalue weighted by atomic mass is 19.1. The van der Waals surface area contributed by atoms with Gasteiger partial charge in [0.1, 0.15) is 0 Å². The van der Waals surface area contributed by atoms with Gasteiger partial charge in [0.2, 0.25) is 0 Å². The number of halogens is 4. The highest BCUT2D eigenvalue weighted by Gasteiger charge is 2.26. The van der Waals surface area contributed by atoms with E-state index in [4.69, 9.17) is 18.9 Å². The molecule has 0 radical (unpaired) electrons. The summed E-state index contributed by atoms with van der Waals surface area (Å²) in [7, 11) is 0. The Bertz CT molecular complexity index is 4380. The summed E-state index contributed by atoms with van der Waals surface area (Å²) in [5.41, 5.74) is 12.3. The molecule has 0 N–H and O–H groups in total. The summed E-state index contributed by atoms with van der Waals surface area (Å²) in [4.78, 5) is 0. The molecule has 8 aromatic rings. The average molecular weight is 1540 g/mol. The lowest BCUT2D eigenvalue weighted by atomic mass is 9.77. The third-order valence-electron chi connectivity index (χ3n) is 23.4. The molecule has 4 aliphatic carbocycles. The largest absolute Gasteiger partial charge is 0.491 e. The molecule has 0 aromatic heterocycles. The van der Waals surface area contributed by atoms with E-state index in [1.165, 1.54) is 201 Å². The zero-order chi connectivity index (χ0) is 80.5. The fraction of sp³-hybridized carbons (Fsp3) is 0.472. The number of unbranched alkanes of at least 4 members (excludes halogenated alkanes) is 3. The Labute approximate surface area is 684 Å². The van der Waals surface area contributed by atoms with Crippen LogP contribution in [0.15, 0.2) is 170 Å². The number of hydrogen-bond donors (Lipinski definition) is 0. The molecule has 4 aliphatic rings. The Balaban J connectivity index is 0.000000174. The normalized spacial score (nSPS) is 18.8. The van der Waals surface area contributed by atoms with E-state index in [1.54, 1.807) is 30.3 Å². The third kappa shape index (κ3) is 30.0. The first kappa shape index (κ1) is 88.9. The van der Waals surface area contributed by atoms with Crippen LogP contribution in [0.4, 0.5) is 17.6 Å². The van der Waals surface area contributed by atoms with Crippen LogP contribution in [-0.4, -0.2) is 26.4 Å². The van der Waals surface area contributed by atoms with Gasteiger partial charge in [-0.15, -0.1) is 0 Å². The van der Waals surface area contributed by atoms with Crippen LogP contribution in [0.25, 0.3) is 0 Å². The van der Waals surface area contributed by atoms with Crippen molar-refractivity contribution in [2.45, 2.75) is 272 Å². The molecule has 8 aromatic carbocycles. The molecule has 0 bridgehead atoms. The van der Waals surface area contributed by atoms with Crippen molar-refractivity contribution < 1.29 is 36.5 Å². The van der Waals surface area contributed by atoms with Crippen LogP contribution in [0, 0.1) is 94.3 Å². The van der Waals surface area contributed by atoms with Crippen LogP contribution in [0.3, 0.4) is 0 Å². The fourth-order valence-electron chi connectivity index (χ4n) is 16.7. The molecule has 114 heavy (non-hydrogen) atoms. The van der Waals surface area contributed by atoms with E-state index in [0.717, 1.165) is 84.5 Å². The summed E-state index contributed by atoms with van der Waals surface area (Å²) >= 11 is 0. The Morgan fingerprint density at radius 3 is 0.693 bits per heavy atom. The molecule has 0 unspecified atom stereocenters. The van der Waals surface area contributed by atoms with Crippen molar-refractivity contribution in [3.8, 4) is 70.4 Å². The molecule has 4 fully saturated rings. The van der Waals surface area contributed by atoms with Crippen LogP contribution in [0.2, 0.25) is 0 Å². The predicted molar refractivity (Wildman–Crippen MR) is 466 cm³/mol. The van der Waals surface area contributed by atoms with E-state index in [-0.39, 0.29) is 29.0 Å². The van der Waals surface area contributed by atoms with Gasteiger partial charge in [0.15, 0.2) is 46.3 Å². The quantitative estimate of drug-likeness (QED) is 0.0308. The van der Waals surface area contributed by atoms with Crippen molar-refractivity contribution >= 4 is 0 Å². The van der Waals surface area contributed by atoms with E-state index >= 15 is 0 Å². The maximum atomic E-state index is 14.2. The van der Waals surface area contributed by atoms with Gasteiger partial charge in [-0.3, -0.25) is 0 Å². The van der Waals surface area contributed by atoms with Gasteiger partial charge in [-0.05, 0) is 320 Å². The highest BCUT2D eigenvalue weighted by molar-refractivity contribution is 5.50. The predicted octanol–water partition coefficient (Wildman–Crippen LogP) is 29.1. The monoisotopic (exact) mass is 1540 g/mol. The molecule has 8 heteroatoms. The molecule has 4 nitrogen and oxygen atoms in total. The number of ether oxygens (including phenoxy) is 4. The van der Waals surface area contributed by atoms with E-state index in [1.807, 2.05) is 32.0 Å². The van der Waals surface area contributed by atoms with Crippen molar-refractivity contribution in [1.82, 2.24) is 0 Å². The van der Waals surface area contributed by atoms with Crippen molar-refractivity contribution in [2.75, 3.05) is 26.4 Å². The topological polar surface area (TPSA) is 36.9 Å². The molecule has 604 valence electrons. The average Bonchev–Trinajstić information content (AvgIpc) is 0.865. The second-order valence-corrected chi connectivity index (χ2v) is 32.1. The minimum atomic E-state index is -0.363. The van der Waals surface area contributed by atoms with E-state index < -0.39 is 0 Å². The van der Waals surface area contributed by atoms with E-state index in [0.29, 0.717) is 89.6 Å². The molecule has 0 amide bonds. The minimum absolute atomic E-state index is 0.279. The molecular weight excluding hydrogens is 1410 g/mol. The lowest BCUT2D eigenvalue weighted by molar-refractivity contribution is 0.291. The van der Waals surface area contributed by atoms with Crippen molar-refractivity contribution in [3.63, 3.8) is 0 Å². The second-order valence-electron chi connectivity index (χ2n) is 32.1. The van der Waals surface area contributed by atoms with Gasteiger partial charge in [0.05, 0.1) is 26.4 Å². The first-order valence-electron chi connectivity index (χ1n) is 43.9. The number of rotatable bonds is 26. The molecule has 0 spiro atoms. The summed E-state index contributed by atoms with van der Waals surface area (Å²) < 4.78 is 77.9. The first-order valence-corrected chi connectivity index (χ1v) is 43.9. The van der Waals surface area contributed by atoms with Gasteiger partial charge >= 0.3 is 0 Å². The minimum Gasteiger partial charge on any atom is -0.491 e. The highest BCUT2D eigenvalue weighted by Crippen LogP contribution is 2.42. The van der Waals surface area contributed by atoms with Crippen LogP contribution >= 0.6 is 0 Å². The van der Waals surface area contributed by atoms with Gasteiger partial charge in [-0.2, -0.15) is 0 Å². The van der Waals surface area contributed by atoms with Crippen LogP contribution in [0.5, 0.6) is 23.0 Å². The second kappa shape index (κ2) is 49.6. The third-order valence-corrected chi connectivity index (χ3v) is 23.4. The Morgan fingerprint density at radius 2 is 0.465 bits per heavy atom. The smallest absolute Gasteiger partial charge is 0.166 e. The number of benzene rings is 8. The van der Waals surface area contributed by atoms with Crippen molar-refractivity contribution in [1.29, 1.82) is 0 Å². The molecule has 0 heterocycles. The Hall–Kier alpha value is -9.08. The molecular formula is C106H128F4O4. The Morgan fingerprint density at radius 1 is 0.237 bits per heavy atom. The maximum absolute atomic E-state index is 14.2. The molecule has 12 rings (SSSR count). The molecule has 0 atom stereocenters. The molecule has 0 aliphatic heterocycles. The van der Waals surface area contributed by atoms with Gasteiger partial charge in [0, 0.05) is 44.5 Å². The van der Waals surface area contributed by atoms with E-state index in [9.17, 15) is 17.6 Å². The summed E-state index contributed by atoms with van der Waals surface area (Å²) in [6.45, 7) is 19.3.